The highest BCUT2D eigenvalue weighted by atomic mass is 19.1. The van der Waals surface area contributed by atoms with Crippen LogP contribution in [0.3, 0.4) is 0 Å². The van der Waals surface area contributed by atoms with E-state index in [4.69, 9.17) is 10.8 Å². The fraction of sp³-hybridized carbons (Fsp3) is 0.538. The Hall–Kier alpha value is -1.29. The van der Waals surface area contributed by atoms with Crippen LogP contribution >= 0.6 is 0 Å². The molecule has 17 heavy (non-hydrogen) atoms. The van der Waals surface area contributed by atoms with Gasteiger partial charge in [0.05, 0.1) is 18.0 Å². The molecule has 0 saturated heterocycles. The topological polar surface area (TPSA) is 49.5 Å². The summed E-state index contributed by atoms with van der Waals surface area (Å²) in [4.78, 5) is 2.05. The molecule has 4 heteroatoms. The van der Waals surface area contributed by atoms with Crippen LogP contribution < -0.4 is 10.6 Å². The Morgan fingerprint density at radius 1 is 1.35 bits per heavy atom. The van der Waals surface area contributed by atoms with E-state index in [9.17, 15) is 4.39 Å². The van der Waals surface area contributed by atoms with Crippen LogP contribution in [0.1, 0.15) is 26.7 Å². The lowest BCUT2D eigenvalue weighted by molar-refractivity contribution is 0.296. The van der Waals surface area contributed by atoms with Gasteiger partial charge in [0.2, 0.25) is 0 Å². The Morgan fingerprint density at radius 3 is 2.47 bits per heavy atom. The number of hydrogen-bond donors (Lipinski definition) is 2. The zero-order chi connectivity index (χ0) is 12.8. The minimum absolute atomic E-state index is 0.0628. The number of rotatable bonds is 6. The normalized spacial score (nSPS) is 10.9. The van der Waals surface area contributed by atoms with E-state index in [0.717, 1.165) is 18.5 Å². The molecule has 1 rings (SSSR count). The molecule has 0 heterocycles. The fourth-order valence-corrected chi connectivity index (χ4v) is 2.12. The smallest absolute Gasteiger partial charge is 0.125 e. The minimum atomic E-state index is -0.334. The Bertz CT molecular complexity index is 353. The molecule has 0 bridgehead atoms. The highest BCUT2D eigenvalue weighted by molar-refractivity contribution is 5.68. The monoisotopic (exact) mass is 240 g/mol. The van der Waals surface area contributed by atoms with E-state index in [-0.39, 0.29) is 12.4 Å². The quantitative estimate of drug-likeness (QED) is 0.751. The van der Waals surface area contributed by atoms with Crippen molar-refractivity contribution in [3.63, 3.8) is 0 Å². The molecule has 0 spiro atoms. The van der Waals surface area contributed by atoms with Gasteiger partial charge >= 0.3 is 0 Å². The van der Waals surface area contributed by atoms with Crippen LogP contribution in [0.25, 0.3) is 0 Å². The second-order valence-electron chi connectivity index (χ2n) is 4.09. The number of aliphatic hydroxyl groups excluding tert-OH is 1. The number of anilines is 2. The molecule has 0 aliphatic heterocycles. The third-order valence-electron chi connectivity index (χ3n) is 3.02. The lowest BCUT2D eigenvalue weighted by Crippen LogP contribution is -2.37. The first-order chi connectivity index (χ1) is 8.13. The zero-order valence-electron chi connectivity index (χ0n) is 10.5. The van der Waals surface area contributed by atoms with Gasteiger partial charge in [0.25, 0.3) is 0 Å². The number of halogens is 1. The van der Waals surface area contributed by atoms with E-state index in [1.165, 1.54) is 12.1 Å². The largest absolute Gasteiger partial charge is 0.397 e. The molecule has 1 aromatic carbocycles. The molecule has 0 fully saturated rings. The maximum absolute atomic E-state index is 13.0. The van der Waals surface area contributed by atoms with Crippen molar-refractivity contribution in [2.45, 2.75) is 32.7 Å². The summed E-state index contributed by atoms with van der Waals surface area (Å²) in [5, 5.41) is 9.13. The average Bonchev–Trinajstić information content (AvgIpc) is 2.30. The maximum atomic E-state index is 13.0. The number of nitrogen functional groups attached to an aromatic ring is 1. The molecular weight excluding hydrogens is 219 g/mol. The van der Waals surface area contributed by atoms with Crippen molar-refractivity contribution in [2.24, 2.45) is 0 Å². The van der Waals surface area contributed by atoms with E-state index in [1.807, 2.05) is 0 Å². The lowest BCUT2D eigenvalue weighted by Gasteiger charge is -2.33. The van der Waals surface area contributed by atoms with Crippen molar-refractivity contribution in [3.05, 3.63) is 24.0 Å². The van der Waals surface area contributed by atoms with Crippen LogP contribution in [-0.4, -0.2) is 24.3 Å². The van der Waals surface area contributed by atoms with Gasteiger partial charge in [-0.3, -0.25) is 0 Å². The minimum Gasteiger partial charge on any atom is -0.397 e. The first-order valence-electron chi connectivity index (χ1n) is 6.06. The molecule has 96 valence electrons. The molecule has 1 aromatic rings. The van der Waals surface area contributed by atoms with Crippen molar-refractivity contribution in [1.82, 2.24) is 0 Å². The van der Waals surface area contributed by atoms with Gasteiger partial charge in [-0.05, 0) is 31.0 Å². The molecule has 0 aromatic heterocycles. The Labute approximate surface area is 102 Å². The predicted molar refractivity (Wildman–Crippen MR) is 69.6 cm³/mol. The summed E-state index contributed by atoms with van der Waals surface area (Å²) in [6, 6.07) is 4.72. The van der Waals surface area contributed by atoms with Gasteiger partial charge in [0.15, 0.2) is 0 Å². The van der Waals surface area contributed by atoms with Crippen molar-refractivity contribution < 1.29 is 9.50 Å². The molecule has 0 saturated carbocycles. The third-order valence-corrected chi connectivity index (χ3v) is 3.02. The van der Waals surface area contributed by atoms with Gasteiger partial charge in [-0.15, -0.1) is 0 Å². The van der Waals surface area contributed by atoms with Crippen LogP contribution in [0.4, 0.5) is 15.8 Å². The molecular formula is C13H21FN2O. The number of nitrogens with two attached hydrogens (primary N) is 1. The van der Waals surface area contributed by atoms with E-state index in [2.05, 4.69) is 18.7 Å². The van der Waals surface area contributed by atoms with Crippen LogP contribution in [0.15, 0.2) is 18.2 Å². The van der Waals surface area contributed by atoms with Crippen molar-refractivity contribution in [3.8, 4) is 0 Å². The number of aliphatic hydroxyl groups is 1. The standard InChI is InChI=1S/C13H21FN2O/c1-3-11(4-2)16(7-8-17)13-6-5-10(14)9-12(13)15/h5-6,9,11,17H,3-4,7-8,15H2,1-2H3. The lowest BCUT2D eigenvalue weighted by atomic mass is 10.1. The molecule has 0 unspecified atom stereocenters. The van der Waals surface area contributed by atoms with Gasteiger partial charge in [0, 0.05) is 12.6 Å². The van der Waals surface area contributed by atoms with E-state index < -0.39 is 0 Å². The Morgan fingerprint density at radius 2 is 2.00 bits per heavy atom. The van der Waals surface area contributed by atoms with Crippen molar-refractivity contribution >= 4 is 11.4 Å². The fourth-order valence-electron chi connectivity index (χ4n) is 2.12. The summed E-state index contributed by atoms with van der Waals surface area (Å²) in [5.74, 6) is -0.334. The summed E-state index contributed by atoms with van der Waals surface area (Å²) >= 11 is 0. The van der Waals surface area contributed by atoms with Crippen LogP contribution in [-0.2, 0) is 0 Å². The second-order valence-corrected chi connectivity index (χ2v) is 4.09. The van der Waals surface area contributed by atoms with Crippen LogP contribution in [0.2, 0.25) is 0 Å². The molecule has 0 atom stereocenters. The van der Waals surface area contributed by atoms with Crippen LogP contribution in [0, 0.1) is 5.82 Å². The Balaban J connectivity index is 3.03. The van der Waals surface area contributed by atoms with Crippen LogP contribution in [0.5, 0.6) is 0 Å². The maximum Gasteiger partial charge on any atom is 0.125 e. The Kier molecular flexibility index (Phi) is 5.22. The summed E-state index contributed by atoms with van der Waals surface area (Å²) in [5.41, 5.74) is 7.06. The molecule has 3 nitrogen and oxygen atoms in total. The molecule has 0 amide bonds. The predicted octanol–water partition coefficient (Wildman–Crippen LogP) is 2.40. The summed E-state index contributed by atoms with van der Waals surface area (Å²) in [6.45, 7) is 4.77. The number of benzene rings is 1. The average molecular weight is 240 g/mol. The van der Waals surface area contributed by atoms with E-state index in [0.29, 0.717) is 18.3 Å². The first-order valence-corrected chi connectivity index (χ1v) is 6.06. The first kappa shape index (κ1) is 13.8. The van der Waals surface area contributed by atoms with Gasteiger partial charge in [0.1, 0.15) is 5.82 Å². The third kappa shape index (κ3) is 3.33. The van der Waals surface area contributed by atoms with Gasteiger partial charge in [-0.25, -0.2) is 4.39 Å². The highest BCUT2D eigenvalue weighted by Crippen LogP contribution is 2.27. The summed E-state index contributed by atoms with van der Waals surface area (Å²) < 4.78 is 13.0. The van der Waals surface area contributed by atoms with E-state index >= 15 is 0 Å². The zero-order valence-corrected chi connectivity index (χ0v) is 10.5. The molecule has 0 radical (unpaired) electrons. The molecule has 0 aliphatic rings. The van der Waals surface area contributed by atoms with Crippen molar-refractivity contribution in [2.75, 3.05) is 23.8 Å². The summed E-state index contributed by atoms with van der Waals surface area (Å²) in [6.07, 6.45) is 1.93. The molecule has 3 N–H and O–H groups in total. The van der Waals surface area contributed by atoms with Gasteiger partial charge in [-0.2, -0.15) is 0 Å². The number of hydrogen-bond acceptors (Lipinski definition) is 3. The van der Waals surface area contributed by atoms with E-state index in [1.54, 1.807) is 6.07 Å². The summed E-state index contributed by atoms with van der Waals surface area (Å²) in [7, 11) is 0. The van der Waals surface area contributed by atoms with Gasteiger partial charge < -0.3 is 15.7 Å². The van der Waals surface area contributed by atoms with Gasteiger partial charge in [-0.1, -0.05) is 13.8 Å². The second kappa shape index (κ2) is 6.45. The van der Waals surface area contributed by atoms with Crippen molar-refractivity contribution in [1.29, 1.82) is 0 Å². The SMILES string of the molecule is CCC(CC)N(CCO)c1ccc(F)cc1N. The molecule has 0 aliphatic carbocycles. The number of nitrogens with zero attached hydrogens (tertiary/aromatic N) is 1. The highest BCUT2D eigenvalue weighted by Gasteiger charge is 2.17.